The van der Waals surface area contributed by atoms with Crippen molar-refractivity contribution < 1.29 is 19.1 Å². The molecule has 27 heavy (non-hydrogen) atoms. The zero-order chi connectivity index (χ0) is 19.6. The maximum absolute atomic E-state index is 12.5. The Hall–Kier alpha value is -2.24. The number of carboxylic acid groups (broad SMARTS) is 1. The van der Waals surface area contributed by atoms with E-state index in [1.165, 1.54) is 0 Å². The van der Waals surface area contributed by atoms with E-state index in [2.05, 4.69) is 20.8 Å². The Labute approximate surface area is 157 Å². The smallest absolute Gasteiger partial charge is 0.318 e. The molecular weight excluding hydrogens is 354 g/mol. The maximum atomic E-state index is 12.5. The van der Waals surface area contributed by atoms with E-state index in [4.69, 9.17) is 21.0 Å². The number of unbranched alkanes of at least 4 members (excludes halogenated alkanes) is 1. The molecule has 0 aliphatic carbocycles. The van der Waals surface area contributed by atoms with Crippen molar-refractivity contribution in [3.05, 3.63) is 11.8 Å². The van der Waals surface area contributed by atoms with Crippen molar-refractivity contribution in [3.63, 3.8) is 0 Å². The lowest BCUT2D eigenvalue weighted by molar-refractivity contribution is -0.137. The van der Waals surface area contributed by atoms with Gasteiger partial charge in [-0.3, -0.25) is 4.79 Å². The average Bonchev–Trinajstić information content (AvgIpc) is 3.15. The van der Waals surface area contributed by atoms with Crippen LogP contribution < -0.4 is 22.1 Å². The molecule has 1 fully saturated rings. The Bertz CT molecular complexity index is 603. The van der Waals surface area contributed by atoms with E-state index >= 15 is 0 Å². The summed E-state index contributed by atoms with van der Waals surface area (Å²) in [6.07, 6.45) is 2.38. The monoisotopic (exact) mass is 383 g/mol. The summed E-state index contributed by atoms with van der Waals surface area (Å²) in [4.78, 5) is 25.1. The van der Waals surface area contributed by atoms with Crippen molar-refractivity contribution in [1.29, 1.82) is 0 Å². The van der Waals surface area contributed by atoms with Gasteiger partial charge in [-0.1, -0.05) is 6.42 Å². The molecule has 0 unspecified atom stereocenters. The van der Waals surface area contributed by atoms with E-state index in [0.29, 0.717) is 26.1 Å². The van der Waals surface area contributed by atoms with E-state index in [1.807, 2.05) is 0 Å². The van der Waals surface area contributed by atoms with Gasteiger partial charge in [-0.2, -0.15) is 0 Å². The molecule has 1 aromatic rings. The molecule has 0 bridgehead atoms. The van der Waals surface area contributed by atoms with Crippen LogP contribution >= 0.6 is 0 Å². The van der Waals surface area contributed by atoms with Crippen molar-refractivity contribution in [3.8, 4) is 0 Å². The normalized spacial score (nSPS) is 16.7. The van der Waals surface area contributed by atoms with Crippen LogP contribution in [0.2, 0.25) is 0 Å². The first kappa shape index (κ1) is 21.1. The largest absolute Gasteiger partial charge is 0.481 e. The van der Waals surface area contributed by atoms with E-state index < -0.39 is 18.1 Å². The van der Waals surface area contributed by atoms with Crippen LogP contribution in [0.1, 0.15) is 56.0 Å². The number of amides is 2. The number of nitrogens with two attached hydrogens (primary N) is 2. The highest BCUT2D eigenvalue weighted by Gasteiger charge is 2.26. The van der Waals surface area contributed by atoms with Crippen LogP contribution in [0.3, 0.4) is 0 Å². The van der Waals surface area contributed by atoms with E-state index in [9.17, 15) is 9.59 Å². The Balaban J connectivity index is 2.02. The van der Waals surface area contributed by atoms with Gasteiger partial charge in [0.25, 0.3) is 0 Å². The van der Waals surface area contributed by atoms with E-state index in [-0.39, 0.29) is 30.7 Å². The molecule has 1 aliphatic heterocycles. The fourth-order valence-electron chi connectivity index (χ4n) is 2.80. The van der Waals surface area contributed by atoms with Crippen molar-refractivity contribution >= 4 is 12.0 Å². The molecule has 1 aliphatic rings. The van der Waals surface area contributed by atoms with Gasteiger partial charge in [0.15, 0.2) is 0 Å². The number of nitrogens with zero attached hydrogens (tertiary/aromatic N) is 3. The summed E-state index contributed by atoms with van der Waals surface area (Å²) in [7, 11) is 0. The number of nitrogens with one attached hydrogen (secondary N) is 2. The van der Waals surface area contributed by atoms with Crippen LogP contribution in [0.25, 0.3) is 0 Å². The number of carboxylic acids is 1. The van der Waals surface area contributed by atoms with Gasteiger partial charge < -0.3 is 36.5 Å². The second kappa shape index (κ2) is 10.8. The number of hydrogen-bond donors (Lipinski definition) is 5. The highest BCUT2D eigenvalue weighted by molar-refractivity contribution is 5.75. The number of rotatable bonds is 10. The average molecular weight is 383 g/mol. The van der Waals surface area contributed by atoms with Gasteiger partial charge in [0.1, 0.15) is 6.04 Å². The number of aromatic nitrogens is 2. The molecule has 1 saturated heterocycles. The molecule has 0 aromatic carbocycles. The molecular formula is C16H29N7O4. The predicted molar refractivity (Wildman–Crippen MR) is 96.7 cm³/mol. The van der Waals surface area contributed by atoms with Crippen molar-refractivity contribution in [1.82, 2.24) is 25.7 Å². The highest BCUT2D eigenvalue weighted by atomic mass is 16.4. The molecule has 2 amide bonds. The van der Waals surface area contributed by atoms with Crippen LogP contribution in [0.4, 0.5) is 4.79 Å². The lowest BCUT2D eigenvalue weighted by atomic mass is 10.1. The number of aliphatic carboxylic acids is 1. The van der Waals surface area contributed by atoms with Gasteiger partial charge in [0.2, 0.25) is 11.8 Å². The number of carbonyl (C=O) groups excluding carboxylic acids is 1. The lowest BCUT2D eigenvalue weighted by Gasteiger charge is -2.29. The van der Waals surface area contributed by atoms with Crippen LogP contribution in [-0.4, -0.2) is 64.9 Å². The van der Waals surface area contributed by atoms with Gasteiger partial charge >= 0.3 is 12.0 Å². The first-order valence-electron chi connectivity index (χ1n) is 9.28. The van der Waals surface area contributed by atoms with Crippen molar-refractivity contribution in [2.45, 2.75) is 44.2 Å². The molecule has 2 heterocycles. The molecule has 11 heteroatoms. The minimum atomic E-state index is -0.963. The second-order valence-corrected chi connectivity index (χ2v) is 6.54. The van der Waals surface area contributed by atoms with E-state index in [0.717, 1.165) is 25.9 Å². The summed E-state index contributed by atoms with van der Waals surface area (Å²) in [6, 6.07) is -1.37. The molecule has 2 atom stereocenters. The topological polar surface area (TPSA) is 173 Å². The van der Waals surface area contributed by atoms with Crippen molar-refractivity contribution in [2.75, 3.05) is 32.7 Å². The maximum Gasteiger partial charge on any atom is 0.318 e. The highest BCUT2D eigenvalue weighted by Crippen LogP contribution is 2.22. The Morgan fingerprint density at radius 2 is 1.93 bits per heavy atom. The van der Waals surface area contributed by atoms with Gasteiger partial charge in [-0.25, -0.2) is 4.79 Å². The quantitative estimate of drug-likeness (QED) is 0.340. The molecule has 0 spiro atoms. The summed E-state index contributed by atoms with van der Waals surface area (Å²) in [5, 5.41) is 22.9. The molecule has 1 aromatic heterocycles. The van der Waals surface area contributed by atoms with Gasteiger partial charge in [-0.05, 0) is 25.8 Å². The zero-order valence-electron chi connectivity index (χ0n) is 15.4. The number of piperazine rings is 1. The number of hydrogen-bond acceptors (Lipinski definition) is 8. The minimum Gasteiger partial charge on any atom is -0.481 e. The predicted octanol–water partition coefficient (Wildman–Crippen LogP) is -0.281. The number of urea groups is 1. The van der Waals surface area contributed by atoms with E-state index in [1.54, 1.807) is 4.90 Å². The standard InChI is InChI=1S/C16H29N7O4/c17-6-2-1-3-11(18)14-21-22-15(27-14)12(4-5-13(24)25)20-16(26)23-9-7-19-8-10-23/h11-12,19H,1-10,17-18H2,(H,20,26)(H,24,25)/t11-,12-/m0/s1. The third-order valence-corrected chi connectivity index (χ3v) is 4.39. The van der Waals surface area contributed by atoms with Crippen LogP contribution in [0, 0.1) is 0 Å². The van der Waals surface area contributed by atoms with Gasteiger partial charge in [0, 0.05) is 32.6 Å². The zero-order valence-corrected chi connectivity index (χ0v) is 15.4. The molecule has 7 N–H and O–H groups in total. The SMILES string of the molecule is NCCCC[C@H](N)c1nnc([C@H](CCC(=O)O)NC(=O)N2CCNCC2)o1. The molecule has 152 valence electrons. The van der Waals surface area contributed by atoms with Crippen molar-refractivity contribution in [2.24, 2.45) is 11.5 Å². The molecule has 11 nitrogen and oxygen atoms in total. The third kappa shape index (κ3) is 6.77. The summed E-state index contributed by atoms with van der Waals surface area (Å²) in [5.41, 5.74) is 11.5. The summed E-state index contributed by atoms with van der Waals surface area (Å²) in [5.74, 6) is -0.516. The van der Waals surface area contributed by atoms with Crippen LogP contribution in [-0.2, 0) is 4.79 Å². The first-order chi connectivity index (χ1) is 13.0. The Morgan fingerprint density at radius 1 is 1.22 bits per heavy atom. The van der Waals surface area contributed by atoms with Gasteiger partial charge in [-0.15, -0.1) is 10.2 Å². The lowest BCUT2D eigenvalue weighted by Crippen LogP contribution is -2.50. The second-order valence-electron chi connectivity index (χ2n) is 6.54. The van der Waals surface area contributed by atoms with Crippen LogP contribution in [0.15, 0.2) is 4.42 Å². The number of carbonyl (C=O) groups is 2. The first-order valence-corrected chi connectivity index (χ1v) is 9.28. The Kier molecular flexibility index (Phi) is 8.43. The molecule has 2 rings (SSSR count). The fourth-order valence-corrected chi connectivity index (χ4v) is 2.80. The fraction of sp³-hybridized carbons (Fsp3) is 0.750. The summed E-state index contributed by atoms with van der Waals surface area (Å²) in [6.45, 7) is 3.19. The van der Waals surface area contributed by atoms with Gasteiger partial charge in [0.05, 0.1) is 6.04 Å². The third-order valence-electron chi connectivity index (χ3n) is 4.39. The minimum absolute atomic E-state index is 0.132. The molecule has 0 saturated carbocycles. The summed E-state index contributed by atoms with van der Waals surface area (Å²) >= 11 is 0. The summed E-state index contributed by atoms with van der Waals surface area (Å²) < 4.78 is 5.64. The molecule has 0 radical (unpaired) electrons. The van der Waals surface area contributed by atoms with Crippen LogP contribution in [0.5, 0.6) is 0 Å². The Morgan fingerprint density at radius 3 is 2.59 bits per heavy atom.